The Bertz CT molecular complexity index is 344. The van der Waals surface area contributed by atoms with Crippen LogP contribution in [0.5, 0.6) is 0 Å². The van der Waals surface area contributed by atoms with Gasteiger partial charge in [-0.05, 0) is 26.4 Å². The van der Waals surface area contributed by atoms with E-state index in [0.29, 0.717) is 12.0 Å². The van der Waals surface area contributed by atoms with Crippen LogP contribution >= 0.6 is 0 Å². The van der Waals surface area contributed by atoms with Gasteiger partial charge in [-0.3, -0.25) is 0 Å². The molecule has 0 aliphatic heterocycles. The first-order chi connectivity index (χ1) is 8.51. The van der Waals surface area contributed by atoms with Gasteiger partial charge in [-0.25, -0.2) is 4.68 Å². The molecule has 0 fully saturated rings. The summed E-state index contributed by atoms with van der Waals surface area (Å²) in [5.41, 5.74) is 1.20. The molecule has 0 bridgehead atoms. The van der Waals surface area contributed by atoms with Crippen LogP contribution in [0.4, 0.5) is 0 Å². The Balaban J connectivity index is 2.47. The molecule has 1 atom stereocenters. The molecular weight excluding hydrogens is 224 g/mol. The smallest absolute Gasteiger partial charge is 0.0538 e. The third kappa shape index (κ3) is 5.47. The van der Waals surface area contributed by atoms with E-state index < -0.39 is 0 Å². The highest BCUT2D eigenvalue weighted by molar-refractivity contribution is 5.17. The zero-order chi connectivity index (χ0) is 13.5. The minimum absolute atomic E-state index is 0.520. The molecule has 0 amide bonds. The molecule has 18 heavy (non-hydrogen) atoms. The highest BCUT2D eigenvalue weighted by Gasteiger charge is 2.11. The van der Waals surface area contributed by atoms with E-state index in [2.05, 4.69) is 49.8 Å². The number of aromatic nitrogens is 2. The van der Waals surface area contributed by atoms with Crippen molar-refractivity contribution in [3.05, 3.63) is 24.5 Å². The van der Waals surface area contributed by atoms with Gasteiger partial charge in [0.25, 0.3) is 0 Å². The standard InChI is InChI=1S/C14H26N4/c1-6-18-10-13(9-16-18)8-15-14(7-12(2)3)11-17(4)5/h6,9-10,12,14-15H,1,7-8,11H2,2-5H3. The van der Waals surface area contributed by atoms with Gasteiger partial charge in [-0.2, -0.15) is 5.10 Å². The van der Waals surface area contributed by atoms with Crippen LogP contribution in [0.2, 0.25) is 0 Å². The third-order valence-electron chi connectivity index (χ3n) is 2.78. The predicted molar refractivity (Wildman–Crippen MR) is 77.3 cm³/mol. The van der Waals surface area contributed by atoms with Crippen molar-refractivity contribution in [2.24, 2.45) is 5.92 Å². The second-order valence-corrected chi connectivity index (χ2v) is 5.48. The summed E-state index contributed by atoms with van der Waals surface area (Å²) in [6, 6.07) is 0.520. The van der Waals surface area contributed by atoms with Crippen molar-refractivity contribution in [3.8, 4) is 0 Å². The van der Waals surface area contributed by atoms with Crippen molar-refractivity contribution in [1.29, 1.82) is 0 Å². The summed E-state index contributed by atoms with van der Waals surface area (Å²) in [7, 11) is 4.23. The first-order valence-corrected chi connectivity index (χ1v) is 6.55. The second kappa shape index (κ2) is 7.34. The lowest BCUT2D eigenvalue weighted by atomic mass is 10.0. The van der Waals surface area contributed by atoms with Crippen molar-refractivity contribution in [2.75, 3.05) is 20.6 Å². The Morgan fingerprint density at radius 3 is 2.72 bits per heavy atom. The maximum absolute atomic E-state index is 4.18. The molecule has 1 N–H and O–H groups in total. The van der Waals surface area contributed by atoms with E-state index in [0.717, 1.165) is 13.1 Å². The minimum atomic E-state index is 0.520. The van der Waals surface area contributed by atoms with Crippen molar-refractivity contribution in [1.82, 2.24) is 20.0 Å². The fraction of sp³-hybridized carbons (Fsp3) is 0.643. The topological polar surface area (TPSA) is 33.1 Å². The molecule has 4 nitrogen and oxygen atoms in total. The van der Waals surface area contributed by atoms with Crippen LogP contribution < -0.4 is 5.32 Å². The SMILES string of the molecule is C=Cn1cc(CNC(CC(C)C)CN(C)C)cn1. The van der Waals surface area contributed by atoms with Crippen LogP contribution in [-0.2, 0) is 6.54 Å². The number of hydrogen-bond acceptors (Lipinski definition) is 3. The van der Waals surface area contributed by atoms with E-state index in [9.17, 15) is 0 Å². The molecule has 0 saturated heterocycles. The first kappa shape index (κ1) is 14.9. The summed E-state index contributed by atoms with van der Waals surface area (Å²) in [5, 5.41) is 7.79. The van der Waals surface area contributed by atoms with Crippen LogP contribution in [0, 0.1) is 5.92 Å². The zero-order valence-electron chi connectivity index (χ0n) is 12.1. The molecule has 102 valence electrons. The van der Waals surface area contributed by atoms with E-state index in [1.165, 1.54) is 12.0 Å². The lowest BCUT2D eigenvalue weighted by Crippen LogP contribution is -2.38. The van der Waals surface area contributed by atoms with Gasteiger partial charge >= 0.3 is 0 Å². The van der Waals surface area contributed by atoms with Gasteiger partial charge in [0.15, 0.2) is 0 Å². The van der Waals surface area contributed by atoms with Gasteiger partial charge in [0.1, 0.15) is 0 Å². The molecule has 0 aliphatic carbocycles. The highest BCUT2D eigenvalue weighted by Crippen LogP contribution is 2.07. The summed E-state index contributed by atoms with van der Waals surface area (Å²) in [5.74, 6) is 0.707. The minimum Gasteiger partial charge on any atom is -0.309 e. The molecule has 4 heteroatoms. The van der Waals surface area contributed by atoms with Gasteiger partial charge in [0.2, 0.25) is 0 Å². The van der Waals surface area contributed by atoms with Gasteiger partial charge in [0, 0.05) is 37.1 Å². The van der Waals surface area contributed by atoms with E-state index in [1.54, 1.807) is 10.9 Å². The second-order valence-electron chi connectivity index (χ2n) is 5.48. The van der Waals surface area contributed by atoms with Crippen LogP contribution in [0.3, 0.4) is 0 Å². The van der Waals surface area contributed by atoms with Crippen LogP contribution in [-0.4, -0.2) is 41.4 Å². The zero-order valence-corrected chi connectivity index (χ0v) is 12.1. The normalized spacial score (nSPS) is 13.2. The van der Waals surface area contributed by atoms with Gasteiger partial charge in [-0.15, -0.1) is 0 Å². The maximum atomic E-state index is 4.18. The number of nitrogens with zero attached hydrogens (tertiary/aromatic N) is 3. The molecule has 1 heterocycles. The Morgan fingerprint density at radius 2 is 2.22 bits per heavy atom. The fourth-order valence-electron chi connectivity index (χ4n) is 2.06. The molecule has 1 rings (SSSR count). The summed E-state index contributed by atoms with van der Waals surface area (Å²) in [6.45, 7) is 10.1. The largest absolute Gasteiger partial charge is 0.309 e. The van der Waals surface area contributed by atoms with Gasteiger partial charge < -0.3 is 10.2 Å². The number of nitrogens with one attached hydrogen (secondary N) is 1. The lowest BCUT2D eigenvalue weighted by Gasteiger charge is -2.23. The quantitative estimate of drug-likeness (QED) is 0.766. The molecular formula is C14H26N4. The summed E-state index contributed by atoms with van der Waals surface area (Å²) >= 11 is 0. The average Bonchev–Trinajstić information content (AvgIpc) is 2.72. The predicted octanol–water partition coefficient (Wildman–Crippen LogP) is 2.05. The molecule has 1 aromatic rings. The van der Waals surface area contributed by atoms with Crippen molar-refractivity contribution in [2.45, 2.75) is 32.9 Å². The number of hydrogen-bond donors (Lipinski definition) is 1. The molecule has 0 aromatic carbocycles. The van der Waals surface area contributed by atoms with Crippen molar-refractivity contribution in [3.63, 3.8) is 0 Å². The molecule has 0 aliphatic rings. The lowest BCUT2D eigenvalue weighted by molar-refractivity contribution is 0.305. The van der Waals surface area contributed by atoms with E-state index in [-0.39, 0.29) is 0 Å². The maximum Gasteiger partial charge on any atom is 0.0538 e. The third-order valence-corrected chi connectivity index (χ3v) is 2.78. The van der Waals surface area contributed by atoms with E-state index in [4.69, 9.17) is 0 Å². The Hall–Kier alpha value is -1.13. The molecule has 1 unspecified atom stereocenters. The van der Waals surface area contributed by atoms with E-state index >= 15 is 0 Å². The first-order valence-electron chi connectivity index (χ1n) is 6.55. The summed E-state index contributed by atoms with van der Waals surface area (Å²) < 4.78 is 1.74. The molecule has 1 aromatic heterocycles. The van der Waals surface area contributed by atoms with E-state index in [1.807, 2.05) is 12.4 Å². The number of rotatable bonds is 8. The van der Waals surface area contributed by atoms with Crippen molar-refractivity contribution >= 4 is 6.20 Å². The average molecular weight is 250 g/mol. The summed E-state index contributed by atoms with van der Waals surface area (Å²) in [6.07, 6.45) is 6.78. The van der Waals surface area contributed by atoms with Gasteiger partial charge in [0.05, 0.1) is 6.20 Å². The van der Waals surface area contributed by atoms with Gasteiger partial charge in [-0.1, -0.05) is 20.4 Å². The Labute approximate surface area is 111 Å². The fourth-order valence-corrected chi connectivity index (χ4v) is 2.06. The Morgan fingerprint density at radius 1 is 1.50 bits per heavy atom. The van der Waals surface area contributed by atoms with Crippen LogP contribution in [0.25, 0.3) is 6.20 Å². The van der Waals surface area contributed by atoms with Crippen LogP contribution in [0.15, 0.2) is 19.0 Å². The molecule has 0 radical (unpaired) electrons. The molecule has 0 spiro atoms. The van der Waals surface area contributed by atoms with Crippen molar-refractivity contribution < 1.29 is 0 Å². The monoisotopic (exact) mass is 250 g/mol. The molecule has 0 saturated carbocycles. The van der Waals surface area contributed by atoms with Crippen LogP contribution in [0.1, 0.15) is 25.8 Å². The summed E-state index contributed by atoms with van der Waals surface area (Å²) in [4.78, 5) is 2.23. The number of likely N-dealkylation sites (N-methyl/N-ethyl adjacent to an activating group) is 1. The Kier molecular flexibility index (Phi) is 6.09. The highest BCUT2D eigenvalue weighted by atomic mass is 15.2.